The van der Waals surface area contributed by atoms with E-state index in [4.69, 9.17) is 11.2 Å². The Hall–Kier alpha value is -1.84. The van der Waals surface area contributed by atoms with Crippen LogP contribution in [0.25, 0.3) is 0 Å². The lowest BCUT2D eigenvalue weighted by Gasteiger charge is -2.14. The molecule has 0 heterocycles. The van der Waals surface area contributed by atoms with E-state index in [0.29, 0.717) is 0 Å². The van der Waals surface area contributed by atoms with Crippen LogP contribution in [-0.4, -0.2) is 23.1 Å². The van der Waals surface area contributed by atoms with E-state index in [2.05, 4.69) is 6.58 Å². The molecule has 74 valence electrons. The highest BCUT2D eigenvalue weighted by molar-refractivity contribution is 5.90. The van der Waals surface area contributed by atoms with Crippen LogP contribution in [0.5, 0.6) is 0 Å². The summed E-state index contributed by atoms with van der Waals surface area (Å²) in [6.45, 7) is 3.21. The van der Waals surface area contributed by atoms with E-state index in [0.717, 1.165) is 6.08 Å². The standard InChI is InChI=1S/C10H10O4/c1-2-9(11)14-8-5-3-7(4-6-8)10(12)13/h2-5,8H,1,6H2,(H,12,13)/i8D. The maximum absolute atomic E-state index is 10.9. The minimum Gasteiger partial charge on any atom is -0.478 e. The van der Waals surface area contributed by atoms with E-state index in [-0.39, 0.29) is 12.0 Å². The molecule has 4 heteroatoms. The quantitative estimate of drug-likeness (QED) is 0.540. The smallest absolute Gasteiger partial charge is 0.335 e. The van der Waals surface area contributed by atoms with Crippen molar-refractivity contribution in [2.24, 2.45) is 0 Å². The van der Waals surface area contributed by atoms with Gasteiger partial charge in [-0.25, -0.2) is 9.59 Å². The van der Waals surface area contributed by atoms with Crippen molar-refractivity contribution < 1.29 is 20.8 Å². The van der Waals surface area contributed by atoms with Crippen LogP contribution in [0.3, 0.4) is 0 Å². The normalized spacial score (nSPS) is 26.0. The fourth-order valence-corrected chi connectivity index (χ4v) is 0.935. The minimum absolute atomic E-state index is 0.0186. The van der Waals surface area contributed by atoms with Gasteiger partial charge in [0, 0.05) is 12.5 Å². The molecule has 14 heavy (non-hydrogen) atoms. The first-order chi connectivity index (χ1) is 6.97. The Morgan fingerprint density at radius 2 is 2.50 bits per heavy atom. The topological polar surface area (TPSA) is 63.6 Å². The van der Waals surface area contributed by atoms with E-state index < -0.39 is 18.0 Å². The van der Waals surface area contributed by atoms with Gasteiger partial charge in [-0.2, -0.15) is 0 Å². The molecule has 0 amide bonds. The Morgan fingerprint density at radius 1 is 1.79 bits per heavy atom. The number of hydrogen-bond donors (Lipinski definition) is 1. The Labute approximate surface area is 82.6 Å². The van der Waals surface area contributed by atoms with Crippen LogP contribution < -0.4 is 0 Å². The summed E-state index contributed by atoms with van der Waals surface area (Å²) in [5.74, 6) is -1.77. The maximum atomic E-state index is 10.9. The zero-order valence-electron chi connectivity index (χ0n) is 8.40. The summed E-state index contributed by atoms with van der Waals surface area (Å²) in [5, 5.41) is 8.63. The molecule has 0 aromatic heterocycles. The molecule has 0 saturated heterocycles. The van der Waals surface area contributed by atoms with Crippen LogP contribution >= 0.6 is 0 Å². The van der Waals surface area contributed by atoms with Crippen molar-refractivity contribution in [2.75, 3.05) is 0 Å². The van der Waals surface area contributed by atoms with Crippen molar-refractivity contribution in [3.8, 4) is 0 Å². The number of ether oxygens (including phenoxy) is 1. The number of hydrogen-bond acceptors (Lipinski definition) is 3. The highest BCUT2D eigenvalue weighted by Crippen LogP contribution is 2.13. The van der Waals surface area contributed by atoms with Crippen molar-refractivity contribution in [2.45, 2.75) is 12.5 Å². The Balaban J connectivity index is 2.71. The zero-order valence-corrected chi connectivity index (χ0v) is 7.40. The molecule has 0 radical (unpaired) electrons. The molecule has 0 aliphatic heterocycles. The average molecular weight is 195 g/mol. The monoisotopic (exact) mass is 195 g/mol. The van der Waals surface area contributed by atoms with Gasteiger partial charge in [0.25, 0.3) is 0 Å². The Bertz CT molecular complexity index is 370. The fraction of sp³-hybridized carbons (Fsp3) is 0.200. The highest BCUT2D eigenvalue weighted by Gasteiger charge is 2.14. The zero-order chi connectivity index (χ0) is 11.5. The third kappa shape index (κ3) is 2.58. The molecule has 1 aliphatic rings. The first-order valence-corrected chi connectivity index (χ1v) is 3.95. The lowest BCUT2D eigenvalue weighted by Crippen LogP contribution is -2.16. The molecule has 1 atom stereocenters. The first kappa shape index (κ1) is 8.74. The number of carbonyl (C=O) groups excluding carboxylic acids is 1. The van der Waals surface area contributed by atoms with Gasteiger partial charge in [0.15, 0.2) is 0 Å². The number of esters is 1. The predicted molar refractivity (Wildman–Crippen MR) is 49.6 cm³/mol. The molecule has 0 saturated carbocycles. The molecule has 1 N–H and O–H groups in total. The third-order valence-electron chi connectivity index (χ3n) is 1.62. The second-order valence-electron chi connectivity index (χ2n) is 2.59. The highest BCUT2D eigenvalue weighted by atomic mass is 16.5. The largest absolute Gasteiger partial charge is 0.478 e. The minimum atomic E-state index is -1.52. The van der Waals surface area contributed by atoms with Gasteiger partial charge < -0.3 is 9.84 Å². The van der Waals surface area contributed by atoms with E-state index >= 15 is 0 Å². The molecular formula is C10H10O4. The van der Waals surface area contributed by atoms with Crippen molar-refractivity contribution in [1.82, 2.24) is 0 Å². The summed E-state index contributed by atoms with van der Waals surface area (Å²) in [4.78, 5) is 21.4. The third-order valence-corrected chi connectivity index (χ3v) is 1.62. The summed E-state index contributed by atoms with van der Waals surface area (Å²) >= 11 is 0. The molecular weight excluding hydrogens is 184 g/mol. The average Bonchev–Trinajstić information content (AvgIpc) is 2.17. The second kappa shape index (κ2) is 4.41. The Morgan fingerprint density at radius 3 is 2.93 bits per heavy atom. The van der Waals surface area contributed by atoms with Crippen molar-refractivity contribution >= 4 is 11.9 Å². The summed E-state index contributed by atoms with van der Waals surface area (Å²) in [5.41, 5.74) is 0.0903. The molecule has 0 spiro atoms. The van der Waals surface area contributed by atoms with Crippen LogP contribution in [-0.2, 0) is 14.3 Å². The van der Waals surface area contributed by atoms with Gasteiger partial charge in [0.2, 0.25) is 0 Å². The summed E-state index contributed by atoms with van der Waals surface area (Å²) in [7, 11) is 0. The molecule has 0 aromatic carbocycles. The van der Waals surface area contributed by atoms with Crippen molar-refractivity contribution in [3.05, 3.63) is 36.5 Å². The van der Waals surface area contributed by atoms with Crippen LogP contribution in [0.4, 0.5) is 0 Å². The van der Waals surface area contributed by atoms with Gasteiger partial charge in [-0.05, 0) is 12.2 Å². The van der Waals surface area contributed by atoms with E-state index in [1.54, 1.807) is 0 Å². The van der Waals surface area contributed by atoms with Gasteiger partial charge in [-0.15, -0.1) is 0 Å². The SMILES string of the molecule is [2H]C1(OC(=O)C=C)C=CC(C(=O)O)=CC1. The Kier molecular flexibility index (Phi) is 2.76. The fourth-order valence-electron chi connectivity index (χ4n) is 0.935. The van der Waals surface area contributed by atoms with E-state index in [1.807, 2.05) is 0 Å². The lowest BCUT2D eigenvalue weighted by molar-refractivity contribution is -0.140. The molecule has 4 nitrogen and oxygen atoms in total. The molecule has 0 aromatic rings. The summed E-state index contributed by atoms with van der Waals surface area (Å²) in [6, 6.07) is 0. The van der Waals surface area contributed by atoms with Gasteiger partial charge in [-0.3, -0.25) is 0 Å². The van der Waals surface area contributed by atoms with Gasteiger partial charge in [0.1, 0.15) is 6.08 Å². The molecule has 1 aliphatic carbocycles. The molecule has 1 rings (SSSR count). The first-order valence-electron chi connectivity index (χ1n) is 4.45. The van der Waals surface area contributed by atoms with Crippen molar-refractivity contribution in [3.63, 3.8) is 0 Å². The van der Waals surface area contributed by atoms with Gasteiger partial charge >= 0.3 is 11.9 Å². The van der Waals surface area contributed by atoms with Crippen molar-refractivity contribution in [1.29, 1.82) is 0 Å². The molecule has 0 fully saturated rings. The van der Waals surface area contributed by atoms with E-state index in [1.165, 1.54) is 18.2 Å². The lowest BCUT2D eigenvalue weighted by atomic mass is 10.1. The number of aliphatic carboxylic acids is 1. The number of carbonyl (C=O) groups is 2. The van der Waals surface area contributed by atoms with Crippen LogP contribution in [0.2, 0.25) is 0 Å². The number of rotatable bonds is 3. The molecule has 0 bridgehead atoms. The van der Waals surface area contributed by atoms with Gasteiger partial charge in [-0.1, -0.05) is 12.7 Å². The second-order valence-corrected chi connectivity index (χ2v) is 2.59. The van der Waals surface area contributed by atoms with E-state index in [9.17, 15) is 9.59 Å². The van der Waals surface area contributed by atoms with Crippen LogP contribution in [0.15, 0.2) is 36.5 Å². The predicted octanol–water partition coefficient (Wildman–Crippen LogP) is 1.06. The summed E-state index contributed by atoms with van der Waals surface area (Å²) in [6.07, 6.45) is 3.27. The van der Waals surface area contributed by atoms with Crippen LogP contribution in [0.1, 0.15) is 7.79 Å². The van der Waals surface area contributed by atoms with Crippen LogP contribution in [0, 0.1) is 0 Å². The number of carboxylic acids is 1. The van der Waals surface area contributed by atoms with Gasteiger partial charge in [0.05, 0.1) is 6.94 Å². The maximum Gasteiger partial charge on any atom is 0.335 e. The molecule has 1 unspecified atom stereocenters. The number of carboxylic acid groups (broad SMARTS) is 1. The summed E-state index contributed by atoms with van der Waals surface area (Å²) < 4.78 is 12.4.